The topological polar surface area (TPSA) is 94.4 Å². The molecule has 0 unspecified atom stereocenters. The van der Waals surface area contributed by atoms with E-state index >= 15 is 0 Å². The van der Waals surface area contributed by atoms with Gasteiger partial charge in [0.25, 0.3) is 5.91 Å². The van der Waals surface area contributed by atoms with Gasteiger partial charge in [0.2, 0.25) is 0 Å². The van der Waals surface area contributed by atoms with Crippen molar-refractivity contribution in [3.63, 3.8) is 0 Å². The van der Waals surface area contributed by atoms with Crippen LogP contribution in [0.15, 0.2) is 66.9 Å². The van der Waals surface area contributed by atoms with Crippen LogP contribution in [-0.2, 0) is 6.54 Å². The van der Waals surface area contributed by atoms with Gasteiger partial charge in [0.05, 0.1) is 11.1 Å². The average molecular weight is 484 g/mol. The molecule has 1 amide bonds. The number of amides is 1. The number of pyridine rings is 1. The number of hydrogen-bond acceptors (Lipinski definition) is 6. The summed E-state index contributed by atoms with van der Waals surface area (Å²) in [6.07, 6.45) is 2.91. The molecule has 2 aromatic carbocycles. The Labute approximate surface area is 211 Å². The van der Waals surface area contributed by atoms with Crippen molar-refractivity contribution in [1.29, 1.82) is 0 Å². The molecule has 3 N–H and O–H groups in total. The van der Waals surface area contributed by atoms with Crippen molar-refractivity contribution in [1.82, 2.24) is 24.8 Å². The van der Waals surface area contributed by atoms with Crippen LogP contribution in [0.25, 0.3) is 22.4 Å². The van der Waals surface area contributed by atoms with Crippen molar-refractivity contribution in [2.75, 3.05) is 51.2 Å². The first kappa shape index (κ1) is 24.0. The number of fused-ring (bicyclic) bond motifs is 1. The maximum atomic E-state index is 11.7. The zero-order valence-electron chi connectivity index (χ0n) is 20.7. The van der Waals surface area contributed by atoms with Crippen LogP contribution in [0.5, 0.6) is 0 Å². The second-order valence-electron chi connectivity index (χ2n) is 9.43. The molecule has 2 aromatic heterocycles. The number of rotatable bonds is 9. The van der Waals surface area contributed by atoms with Gasteiger partial charge in [0.15, 0.2) is 0 Å². The number of benzene rings is 2. The molecule has 8 heteroatoms. The van der Waals surface area contributed by atoms with Gasteiger partial charge in [-0.3, -0.25) is 9.69 Å². The fourth-order valence-electron chi connectivity index (χ4n) is 4.78. The predicted molar refractivity (Wildman–Crippen MR) is 144 cm³/mol. The Hall–Kier alpha value is -3.75. The van der Waals surface area contributed by atoms with E-state index in [4.69, 9.17) is 5.73 Å². The Kier molecular flexibility index (Phi) is 7.25. The smallest absolute Gasteiger partial charge is 0.250 e. The highest BCUT2D eigenvalue weighted by atomic mass is 16.1. The molecule has 1 aliphatic rings. The number of H-pyrrole nitrogens is 1. The summed E-state index contributed by atoms with van der Waals surface area (Å²) >= 11 is 0. The molecule has 0 radical (unpaired) electrons. The lowest BCUT2D eigenvalue weighted by atomic mass is 10.2. The number of piperazine rings is 1. The van der Waals surface area contributed by atoms with Crippen molar-refractivity contribution < 1.29 is 4.79 Å². The molecule has 1 aliphatic heterocycles. The van der Waals surface area contributed by atoms with Crippen LogP contribution in [0, 0.1) is 0 Å². The summed E-state index contributed by atoms with van der Waals surface area (Å²) in [6.45, 7) is 7.58. The fraction of sp³-hybridized carbons (Fsp3) is 0.321. The van der Waals surface area contributed by atoms with Gasteiger partial charge in [0.1, 0.15) is 17.2 Å². The number of imidazole rings is 1. The Bertz CT molecular complexity index is 1290. The molecule has 4 aromatic rings. The first-order valence-corrected chi connectivity index (χ1v) is 12.5. The number of carbonyl (C=O) groups excluding carboxylic acids is 1. The third-order valence-corrected chi connectivity index (χ3v) is 6.87. The van der Waals surface area contributed by atoms with Gasteiger partial charge in [-0.2, -0.15) is 0 Å². The lowest BCUT2D eigenvalue weighted by molar-refractivity contribution is 0.100. The third kappa shape index (κ3) is 5.56. The van der Waals surface area contributed by atoms with Gasteiger partial charge < -0.3 is 20.5 Å². The zero-order chi connectivity index (χ0) is 24.9. The number of nitrogens with one attached hydrogen (secondary N) is 1. The van der Waals surface area contributed by atoms with Crippen molar-refractivity contribution in [3.8, 4) is 11.4 Å². The van der Waals surface area contributed by atoms with Crippen LogP contribution in [0.2, 0.25) is 0 Å². The number of nitrogens with zero attached hydrogens (tertiary/aromatic N) is 5. The zero-order valence-corrected chi connectivity index (χ0v) is 20.7. The quantitative estimate of drug-likeness (QED) is 0.379. The summed E-state index contributed by atoms with van der Waals surface area (Å²) in [7, 11) is 2.08. The highest BCUT2D eigenvalue weighted by Gasteiger charge is 2.17. The Balaban J connectivity index is 1.10. The molecule has 3 heterocycles. The number of primary amides is 1. The summed E-state index contributed by atoms with van der Waals surface area (Å²) in [4.78, 5) is 31.5. The van der Waals surface area contributed by atoms with Crippen LogP contribution >= 0.6 is 0 Å². The maximum absolute atomic E-state index is 11.7. The van der Waals surface area contributed by atoms with E-state index in [0.717, 1.165) is 69.1 Å². The minimum atomic E-state index is -0.484. The first-order valence-electron chi connectivity index (χ1n) is 12.5. The second-order valence-corrected chi connectivity index (χ2v) is 9.43. The predicted octanol–water partition coefficient (Wildman–Crippen LogP) is 3.37. The van der Waals surface area contributed by atoms with E-state index in [9.17, 15) is 4.79 Å². The number of anilines is 1. The molecule has 0 aliphatic carbocycles. The molecule has 0 bridgehead atoms. The highest BCUT2D eigenvalue weighted by Crippen LogP contribution is 2.23. The van der Waals surface area contributed by atoms with Crippen molar-refractivity contribution >= 4 is 22.8 Å². The van der Waals surface area contributed by atoms with Crippen LogP contribution in [0.1, 0.15) is 22.3 Å². The summed E-state index contributed by atoms with van der Waals surface area (Å²) in [5.41, 5.74) is 9.53. The minimum absolute atomic E-state index is 0.414. The van der Waals surface area contributed by atoms with Crippen LogP contribution in [-0.4, -0.2) is 77.0 Å². The van der Waals surface area contributed by atoms with E-state index in [2.05, 4.69) is 67.0 Å². The van der Waals surface area contributed by atoms with E-state index < -0.39 is 5.91 Å². The molecule has 0 atom stereocenters. The third-order valence-electron chi connectivity index (χ3n) is 6.87. The highest BCUT2D eigenvalue weighted by molar-refractivity contribution is 6.04. The second kappa shape index (κ2) is 10.9. The Morgan fingerprint density at radius 2 is 1.78 bits per heavy atom. The van der Waals surface area contributed by atoms with Gasteiger partial charge in [-0.05, 0) is 42.8 Å². The monoisotopic (exact) mass is 483 g/mol. The summed E-state index contributed by atoms with van der Waals surface area (Å²) in [5, 5.41) is 0. The Morgan fingerprint density at radius 1 is 1.00 bits per heavy atom. The fourth-order valence-corrected chi connectivity index (χ4v) is 4.78. The van der Waals surface area contributed by atoms with Gasteiger partial charge in [-0.25, -0.2) is 9.97 Å². The normalized spacial score (nSPS) is 14.8. The van der Waals surface area contributed by atoms with Crippen LogP contribution in [0.3, 0.4) is 0 Å². The van der Waals surface area contributed by atoms with Crippen LogP contribution in [0.4, 0.5) is 5.82 Å². The molecule has 1 fully saturated rings. The van der Waals surface area contributed by atoms with E-state index in [1.54, 1.807) is 12.1 Å². The largest absolute Gasteiger partial charge is 0.366 e. The summed E-state index contributed by atoms with van der Waals surface area (Å²) < 4.78 is 0. The lowest BCUT2D eigenvalue weighted by Gasteiger charge is -2.35. The summed E-state index contributed by atoms with van der Waals surface area (Å²) in [6, 6.07) is 20.1. The van der Waals surface area contributed by atoms with Gasteiger partial charge in [-0.15, -0.1) is 0 Å². The van der Waals surface area contributed by atoms with Crippen molar-refractivity contribution in [2.45, 2.75) is 13.0 Å². The molecule has 36 heavy (non-hydrogen) atoms. The van der Waals surface area contributed by atoms with Crippen molar-refractivity contribution in [3.05, 3.63) is 78.0 Å². The number of hydrogen-bond donors (Lipinski definition) is 2. The molecule has 1 saturated heterocycles. The number of para-hydroxylation sites is 1. The molecule has 186 valence electrons. The van der Waals surface area contributed by atoms with Gasteiger partial charge >= 0.3 is 0 Å². The number of aromatic amines is 1. The molecule has 0 saturated carbocycles. The lowest BCUT2D eigenvalue weighted by Crippen LogP contribution is -2.46. The number of aromatic nitrogens is 3. The molecular weight excluding hydrogens is 450 g/mol. The average Bonchev–Trinajstić information content (AvgIpc) is 3.35. The van der Waals surface area contributed by atoms with Crippen molar-refractivity contribution in [2.24, 2.45) is 5.73 Å². The molecule has 8 nitrogen and oxygen atoms in total. The molecular formula is C28H33N7O. The number of carbonyl (C=O) groups is 1. The number of nitrogens with two attached hydrogens (primary N) is 1. The Morgan fingerprint density at radius 3 is 2.50 bits per heavy atom. The van der Waals surface area contributed by atoms with E-state index in [1.165, 1.54) is 5.56 Å². The van der Waals surface area contributed by atoms with E-state index in [1.807, 2.05) is 24.4 Å². The molecule has 5 rings (SSSR count). The maximum Gasteiger partial charge on any atom is 0.250 e. The van der Waals surface area contributed by atoms with E-state index in [0.29, 0.717) is 16.9 Å². The molecule has 0 spiro atoms. The first-order chi connectivity index (χ1) is 17.6. The standard InChI is InChI=1S/C28H33N7O/c1-33(13-6-14-34-15-17-35(18-16-34)20-21-7-3-2-4-8-21)25-12-11-22(19-30-25)28-31-24-10-5-9-23(27(29)36)26(24)32-28/h2-5,7-12,19H,6,13-18,20H2,1H3,(H2,29,36)(H,31,32). The van der Waals surface area contributed by atoms with Gasteiger partial charge in [0, 0.05) is 58.1 Å². The summed E-state index contributed by atoms with van der Waals surface area (Å²) in [5.74, 6) is 1.12. The van der Waals surface area contributed by atoms with Gasteiger partial charge in [-0.1, -0.05) is 36.4 Å². The van der Waals surface area contributed by atoms with E-state index in [-0.39, 0.29) is 0 Å². The van der Waals surface area contributed by atoms with Crippen LogP contribution < -0.4 is 10.6 Å². The minimum Gasteiger partial charge on any atom is -0.366 e. The SMILES string of the molecule is CN(CCCN1CCN(Cc2ccccc2)CC1)c1ccc(-c2nc3c(C(N)=O)cccc3[nH]2)cn1.